The molecule has 0 aromatic rings. The molecule has 0 amide bonds. The Kier molecular flexibility index (Phi) is 5.06. The summed E-state index contributed by atoms with van der Waals surface area (Å²) in [6.45, 7) is 0.470. The van der Waals surface area contributed by atoms with Gasteiger partial charge in [0.05, 0.1) is 0 Å². The van der Waals surface area contributed by atoms with E-state index in [4.69, 9.17) is 0 Å². The van der Waals surface area contributed by atoms with Crippen LogP contribution in [-0.2, 0) is 17.2 Å². The minimum absolute atomic E-state index is 0.235. The van der Waals surface area contributed by atoms with Crippen molar-refractivity contribution in [2.45, 2.75) is 0 Å². The molecule has 0 N–H and O–H groups in total. The quantitative estimate of drug-likeness (QED) is 0.265. The van der Waals surface area contributed by atoms with E-state index in [1.54, 1.807) is 0 Å². The van der Waals surface area contributed by atoms with E-state index in [1.165, 1.54) is 0 Å². The number of rotatable bonds is 4. The Hall–Kier alpha value is -0.528. The molecule has 0 aliphatic carbocycles. The summed E-state index contributed by atoms with van der Waals surface area (Å²) in [5.41, 5.74) is 0. The Labute approximate surface area is 46.8 Å². The Bertz CT molecular complexity index is 54.7. The second-order valence-corrected chi connectivity index (χ2v) is 1.30. The van der Waals surface area contributed by atoms with Crippen molar-refractivity contribution in [1.29, 1.82) is 0 Å². The van der Waals surface area contributed by atoms with Crippen molar-refractivity contribution >= 4 is 28.8 Å². The third-order valence-electron chi connectivity index (χ3n) is 0.222. The summed E-state index contributed by atoms with van der Waals surface area (Å²) >= 11 is -0.914. The predicted octanol–water partition coefficient (Wildman–Crippen LogP) is -1.13. The fourth-order valence-corrected chi connectivity index (χ4v) is 0.232. The molecule has 0 fully saturated rings. The zero-order valence-electron chi connectivity index (χ0n) is 3.37. The standard InChI is InChI=1S/2CH2O2.Al/c2*2-1-3;/h2*1H,(H,2,3);/q;;+3/p-2. The van der Waals surface area contributed by atoms with Crippen LogP contribution in [0.1, 0.15) is 0 Å². The van der Waals surface area contributed by atoms with Crippen LogP contribution in [0.5, 0.6) is 0 Å². The average Bonchev–Trinajstić information content (AvgIpc) is 1.69. The van der Waals surface area contributed by atoms with E-state index < -0.39 is 15.9 Å². The van der Waals surface area contributed by atoms with Gasteiger partial charge in [-0.3, -0.25) is 0 Å². The van der Waals surface area contributed by atoms with Gasteiger partial charge in [0, 0.05) is 0 Å². The van der Waals surface area contributed by atoms with Gasteiger partial charge in [-0.15, -0.1) is 0 Å². The SMILES string of the molecule is O=C[O][Al+][O]C=O. The Morgan fingerprint density at radius 3 is 1.86 bits per heavy atom. The van der Waals surface area contributed by atoms with E-state index in [9.17, 15) is 9.59 Å². The third-order valence-corrected chi connectivity index (χ3v) is 0.667. The monoisotopic (exact) mass is 117 g/mol. The third kappa shape index (κ3) is 5.47. The van der Waals surface area contributed by atoms with Crippen LogP contribution >= 0.6 is 0 Å². The molecule has 0 spiro atoms. The Morgan fingerprint density at radius 2 is 1.57 bits per heavy atom. The number of carbonyl (C=O) groups is 2. The van der Waals surface area contributed by atoms with Crippen LogP contribution in [0.4, 0.5) is 0 Å². The van der Waals surface area contributed by atoms with Crippen LogP contribution in [0.25, 0.3) is 0 Å². The zero-order valence-corrected chi connectivity index (χ0v) is 4.52. The van der Waals surface area contributed by atoms with E-state index >= 15 is 0 Å². The van der Waals surface area contributed by atoms with Crippen LogP contribution in [0.3, 0.4) is 0 Å². The molecule has 0 aliphatic rings. The summed E-state index contributed by atoms with van der Waals surface area (Å²) in [5.74, 6) is 0. The van der Waals surface area contributed by atoms with Gasteiger partial charge in [-0.1, -0.05) is 0 Å². The molecule has 0 bridgehead atoms. The first-order valence-electron chi connectivity index (χ1n) is 1.41. The molecular weight excluding hydrogens is 115 g/mol. The van der Waals surface area contributed by atoms with Crippen molar-refractivity contribution in [2.75, 3.05) is 0 Å². The molecule has 0 radical (unpaired) electrons. The molecule has 0 unspecified atom stereocenters. The molecule has 4 nitrogen and oxygen atoms in total. The topological polar surface area (TPSA) is 52.6 Å². The van der Waals surface area contributed by atoms with Gasteiger partial charge in [-0.05, 0) is 0 Å². The van der Waals surface area contributed by atoms with Crippen molar-refractivity contribution in [1.82, 2.24) is 0 Å². The van der Waals surface area contributed by atoms with Gasteiger partial charge in [0.25, 0.3) is 0 Å². The van der Waals surface area contributed by atoms with Gasteiger partial charge in [-0.25, -0.2) is 0 Å². The van der Waals surface area contributed by atoms with Gasteiger partial charge in [-0.2, -0.15) is 0 Å². The van der Waals surface area contributed by atoms with Crippen LogP contribution in [-0.4, -0.2) is 28.8 Å². The summed E-state index contributed by atoms with van der Waals surface area (Å²) in [5, 5.41) is 0. The molecule has 0 aromatic heterocycles. The molecular formula is C2H2AlO4+. The normalized spacial score (nSPS) is 5.71. The van der Waals surface area contributed by atoms with E-state index in [2.05, 4.69) is 7.58 Å². The van der Waals surface area contributed by atoms with E-state index in [0.29, 0.717) is 0 Å². The maximum absolute atomic E-state index is 9.28. The van der Waals surface area contributed by atoms with Crippen molar-refractivity contribution in [3.05, 3.63) is 0 Å². The van der Waals surface area contributed by atoms with Crippen LogP contribution in [0.2, 0.25) is 0 Å². The van der Waals surface area contributed by atoms with Gasteiger partial charge >= 0.3 is 46.0 Å². The van der Waals surface area contributed by atoms with Crippen LogP contribution in [0.15, 0.2) is 0 Å². The number of hydrogen-bond donors (Lipinski definition) is 0. The summed E-state index contributed by atoms with van der Waals surface area (Å²) in [6, 6.07) is 0. The maximum atomic E-state index is 9.28. The van der Waals surface area contributed by atoms with E-state index in [0.717, 1.165) is 0 Å². The van der Waals surface area contributed by atoms with Crippen molar-refractivity contribution < 1.29 is 17.2 Å². The van der Waals surface area contributed by atoms with Gasteiger partial charge in [0.15, 0.2) is 0 Å². The molecule has 0 aliphatic heterocycles. The number of carbonyl (C=O) groups excluding carboxylic acids is 2. The predicted molar refractivity (Wildman–Crippen MR) is 20.1 cm³/mol. The molecule has 5 heteroatoms. The first-order chi connectivity index (χ1) is 3.41. The average molecular weight is 117 g/mol. The van der Waals surface area contributed by atoms with Crippen molar-refractivity contribution in [2.24, 2.45) is 0 Å². The molecule has 0 saturated carbocycles. The summed E-state index contributed by atoms with van der Waals surface area (Å²) in [7, 11) is 0. The molecule has 0 saturated heterocycles. The second kappa shape index (κ2) is 5.47. The molecule has 7 heavy (non-hydrogen) atoms. The summed E-state index contributed by atoms with van der Waals surface area (Å²) < 4.78 is 8.05. The molecule has 0 rings (SSSR count). The molecule has 0 aromatic carbocycles. The van der Waals surface area contributed by atoms with Crippen LogP contribution in [0, 0.1) is 0 Å². The molecule has 36 valence electrons. The summed E-state index contributed by atoms with van der Waals surface area (Å²) in [6.07, 6.45) is 0. The Morgan fingerprint density at radius 1 is 1.14 bits per heavy atom. The van der Waals surface area contributed by atoms with E-state index in [-0.39, 0.29) is 12.9 Å². The van der Waals surface area contributed by atoms with Crippen molar-refractivity contribution in [3.63, 3.8) is 0 Å². The van der Waals surface area contributed by atoms with Gasteiger partial charge in [0.2, 0.25) is 0 Å². The molecule has 0 heterocycles. The second-order valence-electron chi connectivity index (χ2n) is 0.561. The first-order valence-corrected chi connectivity index (χ1v) is 2.36. The first kappa shape index (κ1) is 6.47. The van der Waals surface area contributed by atoms with Crippen molar-refractivity contribution in [3.8, 4) is 0 Å². The van der Waals surface area contributed by atoms with Gasteiger partial charge in [0.1, 0.15) is 0 Å². The number of hydrogen-bond acceptors (Lipinski definition) is 4. The fourth-order valence-electron chi connectivity index (χ4n) is 0.0774. The Balaban J connectivity index is 2.68. The van der Waals surface area contributed by atoms with Gasteiger partial charge < -0.3 is 0 Å². The molecule has 0 atom stereocenters. The summed E-state index contributed by atoms with van der Waals surface area (Å²) in [4.78, 5) is 18.6. The van der Waals surface area contributed by atoms with Crippen LogP contribution < -0.4 is 0 Å². The fraction of sp³-hybridized carbons (Fsp3) is 0. The van der Waals surface area contributed by atoms with E-state index in [1.807, 2.05) is 0 Å². The zero-order chi connectivity index (χ0) is 5.54. The minimum atomic E-state index is -0.914.